The molecule has 6 nitrogen and oxygen atoms in total. The predicted octanol–water partition coefficient (Wildman–Crippen LogP) is 5.55. The van der Waals surface area contributed by atoms with E-state index in [4.69, 9.17) is 9.47 Å². The molecular formula is C26H25N3O3S. The van der Waals surface area contributed by atoms with Gasteiger partial charge in [0, 0.05) is 46.9 Å². The summed E-state index contributed by atoms with van der Waals surface area (Å²) in [7, 11) is 3.27. The first-order valence-electron chi connectivity index (χ1n) is 10.8. The number of aryl methyl sites for hydroxylation is 1. The number of pyridine rings is 1. The minimum atomic E-state index is 0.111. The van der Waals surface area contributed by atoms with E-state index in [1.165, 1.54) is 5.57 Å². The molecule has 1 aromatic carbocycles. The van der Waals surface area contributed by atoms with Crippen molar-refractivity contribution in [1.82, 2.24) is 14.9 Å². The van der Waals surface area contributed by atoms with Gasteiger partial charge in [-0.25, -0.2) is 4.98 Å². The van der Waals surface area contributed by atoms with Crippen LogP contribution in [0.25, 0.3) is 27.7 Å². The summed E-state index contributed by atoms with van der Waals surface area (Å²) in [6.07, 6.45) is 6.85. The average Bonchev–Trinajstić information content (AvgIpc) is 3.49. The second-order valence-electron chi connectivity index (χ2n) is 8.03. The molecule has 0 fully saturated rings. The van der Waals surface area contributed by atoms with E-state index >= 15 is 0 Å². The van der Waals surface area contributed by atoms with Gasteiger partial charge in [-0.2, -0.15) is 0 Å². The van der Waals surface area contributed by atoms with Crippen molar-refractivity contribution >= 4 is 33.9 Å². The lowest BCUT2D eigenvalue weighted by Crippen LogP contribution is -2.34. The highest BCUT2D eigenvalue weighted by molar-refractivity contribution is 7.13. The topological polar surface area (TPSA) is 67.5 Å². The molecule has 0 atom stereocenters. The predicted molar refractivity (Wildman–Crippen MR) is 132 cm³/mol. The van der Waals surface area contributed by atoms with Gasteiger partial charge in [0.1, 0.15) is 5.65 Å². The van der Waals surface area contributed by atoms with Crippen molar-refractivity contribution in [2.45, 2.75) is 13.3 Å². The molecule has 1 amide bonds. The summed E-state index contributed by atoms with van der Waals surface area (Å²) in [5, 5.41) is 1.07. The van der Waals surface area contributed by atoms with Gasteiger partial charge in [-0.15, -0.1) is 11.3 Å². The molecule has 168 valence electrons. The third kappa shape index (κ3) is 4.00. The normalized spacial score (nSPS) is 13.8. The van der Waals surface area contributed by atoms with Crippen LogP contribution in [0.5, 0.6) is 11.5 Å². The molecule has 1 aliphatic heterocycles. The molecule has 0 aliphatic carbocycles. The highest BCUT2D eigenvalue weighted by Crippen LogP contribution is 2.35. The molecule has 4 aromatic rings. The minimum absolute atomic E-state index is 0.111. The van der Waals surface area contributed by atoms with E-state index in [0.717, 1.165) is 43.9 Å². The van der Waals surface area contributed by atoms with Gasteiger partial charge in [0.25, 0.3) is 5.91 Å². The van der Waals surface area contributed by atoms with E-state index in [9.17, 15) is 4.79 Å². The number of hydrogen-bond donors (Lipinski definition) is 1. The lowest BCUT2D eigenvalue weighted by atomic mass is 9.98. The molecule has 0 bridgehead atoms. The van der Waals surface area contributed by atoms with Crippen molar-refractivity contribution in [2.24, 2.45) is 0 Å². The minimum Gasteiger partial charge on any atom is -0.493 e. The number of H-pyrrole nitrogens is 1. The quantitative estimate of drug-likeness (QED) is 0.425. The van der Waals surface area contributed by atoms with E-state index < -0.39 is 0 Å². The van der Waals surface area contributed by atoms with Crippen molar-refractivity contribution < 1.29 is 14.3 Å². The number of fused-ring (bicyclic) bond motifs is 1. The fourth-order valence-corrected chi connectivity index (χ4v) is 5.08. The Morgan fingerprint density at radius 3 is 2.64 bits per heavy atom. The number of carbonyl (C=O) groups excluding carboxylic acids is 1. The molecule has 0 unspecified atom stereocenters. The largest absolute Gasteiger partial charge is 0.493 e. The Morgan fingerprint density at radius 1 is 1.09 bits per heavy atom. The number of methoxy groups -OCH3 is 2. The number of hydrogen-bond acceptors (Lipinski definition) is 5. The Hall–Kier alpha value is -3.58. The number of carbonyl (C=O) groups is 1. The van der Waals surface area contributed by atoms with Crippen molar-refractivity contribution in [3.05, 3.63) is 70.2 Å². The monoisotopic (exact) mass is 459 g/mol. The van der Waals surface area contributed by atoms with E-state index in [2.05, 4.69) is 22.1 Å². The molecule has 5 rings (SSSR count). The standard InChI is InChI=1S/C26H25N3O3S/c1-16-4-7-24(33-16)26(30)29-10-8-17(9-11-29)21-15-28-25-20(21)12-19(14-27-25)18-5-6-22(31-2)23(13-18)32-3/h4-8,12-15H,9-11H2,1-3H3,(H,27,28). The molecule has 0 saturated carbocycles. The van der Waals surface area contributed by atoms with Gasteiger partial charge in [-0.3, -0.25) is 4.79 Å². The van der Waals surface area contributed by atoms with E-state index in [1.54, 1.807) is 25.6 Å². The third-order valence-corrected chi connectivity index (χ3v) is 7.03. The number of aromatic nitrogens is 2. The number of thiophene rings is 1. The van der Waals surface area contributed by atoms with Crippen LogP contribution in [0.4, 0.5) is 0 Å². The molecule has 33 heavy (non-hydrogen) atoms. The van der Waals surface area contributed by atoms with Crippen LogP contribution in [0, 0.1) is 6.92 Å². The molecule has 1 aliphatic rings. The van der Waals surface area contributed by atoms with Crippen LogP contribution in [0.1, 0.15) is 26.5 Å². The maximum absolute atomic E-state index is 12.8. The zero-order valence-electron chi connectivity index (χ0n) is 18.8. The lowest BCUT2D eigenvalue weighted by Gasteiger charge is -2.26. The first kappa shape index (κ1) is 21.3. The summed E-state index contributed by atoms with van der Waals surface area (Å²) >= 11 is 1.55. The average molecular weight is 460 g/mol. The number of benzene rings is 1. The Kier molecular flexibility index (Phi) is 5.64. The summed E-state index contributed by atoms with van der Waals surface area (Å²) in [5.74, 6) is 1.49. The lowest BCUT2D eigenvalue weighted by molar-refractivity contribution is 0.0777. The van der Waals surface area contributed by atoms with Gasteiger partial charge >= 0.3 is 0 Å². The Morgan fingerprint density at radius 2 is 1.94 bits per heavy atom. The number of ether oxygens (including phenoxy) is 2. The summed E-state index contributed by atoms with van der Waals surface area (Å²) in [5.41, 5.74) is 5.24. The van der Waals surface area contributed by atoms with Crippen LogP contribution in [0.2, 0.25) is 0 Å². The van der Waals surface area contributed by atoms with Crippen LogP contribution >= 0.6 is 11.3 Å². The smallest absolute Gasteiger partial charge is 0.264 e. The summed E-state index contributed by atoms with van der Waals surface area (Å²) in [6, 6.07) is 11.9. The molecule has 0 radical (unpaired) electrons. The fourth-order valence-electron chi connectivity index (χ4n) is 4.25. The third-order valence-electron chi connectivity index (χ3n) is 6.04. The van der Waals surface area contributed by atoms with Gasteiger partial charge < -0.3 is 19.4 Å². The molecule has 1 N–H and O–H groups in total. The SMILES string of the molecule is COc1ccc(-c2cnc3[nH]cc(C4=CCN(C(=O)c5ccc(C)s5)CC4)c3c2)cc1OC. The number of nitrogens with zero attached hydrogens (tertiary/aromatic N) is 2. The molecule has 3 aromatic heterocycles. The second kappa shape index (κ2) is 8.75. The van der Waals surface area contributed by atoms with Crippen LogP contribution in [-0.4, -0.2) is 48.1 Å². The van der Waals surface area contributed by atoms with E-state index in [0.29, 0.717) is 24.6 Å². The fraction of sp³-hybridized carbons (Fsp3) is 0.231. The number of amides is 1. The molecular weight excluding hydrogens is 434 g/mol. The highest BCUT2D eigenvalue weighted by Gasteiger charge is 2.22. The second-order valence-corrected chi connectivity index (χ2v) is 9.32. The van der Waals surface area contributed by atoms with Gasteiger partial charge in [-0.1, -0.05) is 12.1 Å². The van der Waals surface area contributed by atoms with Gasteiger partial charge in [0.15, 0.2) is 11.5 Å². The van der Waals surface area contributed by atoms with Gasteiger partial charge in [-0.05, 0) is 54.8 Å². The summed E-state index contributed by atoms with van der Waals surface area (Å²) < 4.78 is 10.8. The van der Waals surface area contributed by atoms with Crippen molar-refractivity contribution in [1.29, 1.82) is 0 Å². The van der Waals surface area contributed by atoms with Crippen LogP contribution < -0.4 is 9.47 Å². The van der Waals surface area contributed by atoms with Crippen LogP contribution in [0.15, 0.2) is 54.9 Å². The van der Waals surface area contributed by atoms with E-state index in [-0.39, 0.29) is 5.91 Å². The molecule has 0 spiro atoms. The Bertz CT molecular complexity index is 1370. The van der Waals surface area contributed by atoms with Crippen LogP contribution in [0.3, 0.4) is 0 Å². The number of rotatable bonds is 5. The van der Waals surface area contributed by atoms with Crippen molar-refractivity contribution in [3.8, 4) is 22.6 Å². The first-order valence-corrected chi connectivity index (χ1v) is 11.6. The molecule has 7 heteroatoms. The highest BCUT2D eigenvalue weighted by atomic mass is 32.1. The zero-order valence-corrected chi connectivity index (χ0v) is 19.7. The summed E-state index contributed by atoms with van der Waals surface area (Å²) in [4.78, 5) is 24.6. The Balaban J connectivity index is 1.43. The number of nitrogens with one attached hydrogen (secondary N) is 1. The Labute approximate surface area is 196 Å². The van der Waals surface area contributed by atoms with Crippen LogP contribution in [-0.2, 0) is 0 Å². The first-order chi connectivity index (χ1) is 16.1. The van der Waals surface area contributed by atoms with Crippen molar-refractivity contribution in [2.75, 3.05) is 27.3 Å². The maximum atomic E-state index is 12.8. The van der Waals surface area contributed by atoms with Gasteiger partial charge in [0.2, 0.25) is 0 Å². The van der Waals surface area contributed by atoms with E-state index in [1.807, 2.05) is 54.5 Å². The molecule has 4 heterocycles. The van der Waals surface area contributed by atoms with Gasteiger partial charge in [0.05, 0.1) is 19.1 Å². The molecule has 0 saturated heterocycles. The van der Waals surface area contributed by atoms with Crippen molar-refractivity contribution in [3.63, 3.8) is 0 Å². The zero-order chi connectivity index (χ0) is 22.9. The summed E-state index contributed by atoms with van der Waals surface area (Å²) in [6.45, 7) is 3.34. The number of aromatic amines is 1. The maximum Gasteiger partial charge on any atom is 0.264 e.